The van der Waals surface area contributed by atoms with E-state index in [0.717, 1.165) is 16.4 Å². The molecule has 0 saturated heterocycles. The molecule has 1 aliphatic carbocycles. The van der Waals surface area contributed by atoms with E-state index in [9.17, 15) is 0 Å². The predicted molar refractivity (Wildman–Crippen MR) is 69.9 cm³/mol. The Balaban J connectivity index is 1.90. The molecule has 5 heteroatoms. The van der Waals surface area contributed by atoms with E-state index >= 15 is 0 Å². The van der Waals surface area contributed by atoms with E-state index in [1.165, 1.54) is 32.1 Å². The lowest BCUT2D eigenvalue weighted by molar-refractivity contribution is 0.330. The Labute approximate surface area is 104 Å². The lowest BCUT2D eigenvalue weighted by Gasteiger charge is -2.21. The van der Waals surface area contributed by atoms with Crippen LogP contribution in [0.4, 0.5) is 5.69 Å². The van der Waals surface area contributed by atoms with Crippen LogP contribution in [-0.2, 0) is 0 Å². The Hall–Kier alpha value is -1.36. The molecule has 0 radical (unpaired) electrons. The maximum absolute atomic E-state index is 6.02. The second-order valence-electron chi connectivity index (χ2n) is 4.54. The maximum Gasteiger partial charge on any atom is 0.145 e. The second kappa shape index (κ2) is 4.49. The van der Waals surface area contributed by atoms with Crippen LogP contribution in [0.5, 0.6) is 0 Å². The first-order valence-electron chi connectivity index (χ1n) is 6.09. The van der Waals surface area contributed by atoms with Gasteiger partial charge in [0.25, 0.3) is 0 Å². The zero-order valence-corrected chi connectivity index (χ0v) is 10.5. The van der Waals surface area contributed by atoms with Crippen molar-refractivity contribution in [3.05, 3.63) is 17.8 Å². The summed E-state index contributed by atoms with van der Waals surface area (Å²) in [6.45, 7) is 0. The topological polar surface area (TPSA) is 56.7 Å². The smallest absolute Gasteiger partial charge is 0.145 e. The third-order valence-electron chi connectivity index (χ3n) is 3.34. The van der Waals surface area contributed by atoms with Crippen molar-refractivity contribution >= 4 is 17.0 Å². The molecule has 0 bridgehead atoms. The molecule has 1 fully saturated rings. The lowest BCUT2D eigenvalue weighted by Crippen LogP contribution is -2.13. The summed E-state index contributed by atoms with van der Waals surface area (Å²) in [5.41, 5.74) is 7.60. The summed E-state index contributed by atoms with van der Waals surface area (Å²) in [5.74, 6) is 0. The van der Waals surface area contributed by atoms with Crippen molar-refractivity contribution in [2.45, 2.75) is 38.1 Å². The number of hydrogen-bond donors (Lipinski definition) is 1. The first kappa shape index (κ1) is 10.8. The van der Waals surface area contributed by atoms with Gasteiger partial charge in [-0.1, -0.05) is 19.3 Å². The highest BCUT2D eigenvalue weighted by Gasteiger charge is 2.19. The van der Waals surface area contributed by atoms with Crippen LogP contribution in [0.25, 0.3) is 10.7 Å². The highest BCUT2D eigenvalue weighted by atomic mass is 32.1. The monoisotopic (exact) mass is 248 g/mol. The van der Waals surface area contributed by atoms with E-state index in [1.54, 1.807) is 17.5 Å². The van der Waals surface area contributed by atoms with E-state index in [-0.39, 0.29) is 0 Å². The molecular formula is C12H16N4S. The van der Waals surface area contributed by atoms with Crippen LogP contribution in [0, 0.1) is 0 Å². The van der Waals surface area contributed by atoms with Crippen LogP contribution >= 0.6 is 11.3 Å². The molecule has 0 unspecified atom stereocenters. The molecule has 2 aromatic heterocycles. The normalized spacial score (nSPS) is 17.4. The molecule has 90 valence electrons. The zero-order chi connectivity index (χ0) is 11.7. The van der Waals surface area contributed by atoms with E-state index in [1.807, 2.05) is 16.3 Å². The number of anilines is 1. The molecule has 0 amide bonds. The highest BCUT2D eigenvalue weighted by molar-refractivity contribution is 7.13. The van der Waals surface area contributed by atoms with Crippen LogP contribution in [0.3, 0.4) is 0 Å². The first-order valence-corrected chi connectivity index (χ1v) is 6.97. The molecule has 0 aromatic carbocycles. The lowest BCUT2D eigenvalue weighted by atomic mass is 9.96. The number of thiazole rings is 1. The van der Waals surface area contributed by atoms with Gasteiger partial charge in [0.1, 0.15) is 10.7 Å². The SMILES string of the molecule is Nc1cn(C2CCCCC2)nc1-c1nccs1. The Morgan fingerprint density at radius 3 is 2.82 bits per heavy atom. The third kappa shape index (κ3) is 2.07. The molecule has 0 aliphatic heterocycles. The Kier molecular flexibility index (Phi) is 2.84. The van der Waals surface area contributed by atoms with Crippen LogP contribution in [0.15, 0.2) is 17.8 Å². The number of nitrogens with two attached hydrogens (primary N) is 1. The van der Waals surface area contributed by atoms with Crippen LogP contribution in [0.1, 0.15) is 38.1 Å². The minimum Gasteiger partial charge on any atom is -0.396 e. The van der Waals surface area contributed by atoms with Gasteiger partial charge < -0.3 is 5.73 Å². The molecule has 1 aliphatic rings. The third-order valence-corrected chi connectivity index (χ3v) is 4.12. The van der Waals surface area contributed by atoms with Crippen molar-refractivity contribution in [2.24, 2.45) is 0 Å². The highest BCUT2D eigenvalue weighted by Crippen LogP contribution is 2.32. The zero-order valence-electron chi connectivity index (χ0n) is 9.67. The van der Waals surface area contributed by atoms with Crippen molar-refractivity contribution in [3.63, 3.8) is 0 Å². The first-order chi connectivity index (χ1) is 8.34. The maximum atomic E-state index is 6.02. The van der Waals surface area contributed by atoms with Crippen molar-refractivity contribution < 1.29 is 0 Å². The average Bonchev–Trinajstić information content (AvgIpc) is 2.99. The molecule has 2 heterocycles. The summed E-state index contributed by atoms with van der Waals surface area (Å²) in [5, 5.41) is 7.48. The van der Waals surface area contributed by atoms with Gasteiger partial charge in [-0.25, -0.2) is 4.98 Å². The van der Waals surface area contributed by atoms with E-state index in [0.29, 0.717) is 6.04 Å². The molecular weight excluding hydrogens is 232 g/mol. The van der Waals surface area contributed by atoms with E-state index < -0.39 is 0 Å². The number of nitrogen functional groups attached to an aromatic ring is 1. The summed E-state index contributed by atoms with van der Waals surface area (Å²) in [7, 11) is 0. The van der Waals surface area contributed by atoms with Gasteiger partial charge in [-0.2, -0.15) is 5.10 Å². The average molecular weight is 248 g/mol. The Morgan fingerprint density at radius 1 is 1.29 bits per heavy atom. The quantitative estimate of drug-likeness (QED) is 0.888. The molecule has 0 spiro atoms. The van der Waals surface area contributed by atoms with Gasteiger partial charge in [-0.3, -0.25) is 4.68 Å². The van der Waals surface area contributed by atoms with Gasteiger partial charge in [-0.05, 0) is 12.8 Å². The van der Waals surface area contributed by atoms with Gasteiger partial charge in [0.15, 0.2) is 0 Å². The predicted octanol–water partition coefficient (Wildman–Crippen LogP) is 3.09. The standard InChI is InChI=1S/C12H16N4S/c13-10-8-16(9-4-2-1-3-5-9)15-11(10)12-14-6-7-17-12/h6-9H,1-5,13H2. The largest absolute Gasteiger partial charge is 0.396 e. The van der Waals surface area contributed by atoms with Gasteiger partial charge in [0.05, 0.1) is 11.7 Å². The summed E-state index contributed by atoms with van der Waals surface area (Å²) in [4.78, 5) is 4.27. The number of rotatable bonds is 2. The fraction of sp³-hybridized carbons (Fsp3) is 0.500. The van der Waals surface area contributed by atoms with Crippen LogP contribution < -0.4 is 5.73 Å². The van der Waals surface area contributed by atoms with Gasteiger partial charge in [-0.15, -0.1) is 11.3 Å². The Bertz CT molecular complexity index is 483. The summed E-state index contributed by atoms with van der Waals surface area (Å²) < 4.78 is 2.05. The summed E-state index contributed by atoms with van der Waals surface area (Å²) in [6, 6.07) is 0.528. The van der Waals surface area contributed by atoms with Crippen molar-refractivity contribution in [1.29, 1.82) is 0 Å². The second-order valence-corrected chi connectivity index (χ2v) is 5.44. The molecule has 0 atom stereocenters. The van der Waals surface area contributed by atoms with Gasteiger partial charge >= 0.3 is 0 Å². The minimum absolute atomic E-state index is 0.528. The van der Waals surface area contributed by atoms with E-state index in [4.69, 9.17) is 5.73 Å². The number of aromatic nitrogens is 3. The summed E-state index contributed by atoms with van der Waals surface area (Å²) in [6.07, 6.45) is 10.2. The fourth-order valence-electron chi connectivity index (χ4n) is 2.44. The van der Waals surface area contributed by atoms with Crippen LogP contribution in [-0.4, -0.2) is 14.8 Å². The minimum atomic E-state index is 0.528. The van der Waals surface area contributed by atoms with Crippen molar-refractivity contribution in [3.8, 4) is 10.7 Å². The molecule has 2 N–H and O–H groups in total. The van der Waals surface area contributed by atoms with Crippen molar-refractivity contribution in [1.82, 2.24) is 14.8 Å². The molecule has 2 aromatic rings. The number of hydrogen-bond acceptors (Lipinski definition) is 4. The van der Waals surface area contributed by atoms with Gasteiger partial charge in [0.2, 0.25) is 0 Å². The van der Waals surface area contributed by atoms with Gasteiger partial charge in [0, 0.05) is 17.8 Å². The number of nitrogens with zero attached hydrogens (tertiary/aromatic N) is 3. The molecule has 4 nitrogen and oxygen atoms in total. The molecule has 17 heavy (non-hydrogen) atoms. The molecule has 3 rings (SSSR count). The van der Waals surface area contributed by atoms with Crippen molar-refractivity contribution in [2.75, 3.05) is 5.73 Å². The summed E-state index contributed by atoms with van der Waals surface area (Å²) >= 11 is 1.58. The van der Waals surface area contributed by atoms with Crippen LogP contribution in [0.2, 0.25) is 0 Å². The molecule has 1 saturated carbocycles. The fourth-order valence-corrected chi connectivity index (χ4v) is 3.09. The Morgan fingerprint density at radius 2 is 2.12 bits per heavy atom. The van der Waals surface area contributed by atoms with E-state index in [2.05, 4.69) is 10.1 Å².